The lowest BCUT2D eigenvalue weighted by Crippen LogP contribution is -1.93. The van der Waals surface area contributed by atoms with Gasteiger partial charge in [0.1, 0.15) is 11.8 Å². The number of pyridine rings is 1. The third-order valence-corrected chi connectivity index (χ3v) is 2.89. The van der Waals surface area contributed by atoms with Gasteiger partial charge in [0.2, 0.25) is 5.88 Å². The predicted molar refractivity (Wildman–Crippen MR) is 72.4 cm³/mol. The highest BCUT2D eigenvalue weighted by Gasteiger charge is 2.11. The number of ether oxygens (including phenoxy) is 1. The van der Waals surface area contributed by atoms with Crippen LogP contribution in [0, 0.1) is 11.3 Å². The fourth-order valence-electron chi connectivity index (χ4n) is 1.84. The van der Waals surface area contributed by atoms with Crippen molar-refractivity contribution >= 4 is 0 Å². The quantitative estimate of drug-likeness (QED) is 0.784. The fourth-order valence-corrected chi connectivity index (χ4v) is 1.84. The number of hydrogen-bond donors (Lipinski definition) is 1. The van der Waals surface area contributed by atoms with Gasteiger partial charge < -0.3 is 14.2 Å². The molecule has 0 saturated carbocycles. The average Bonchev–Trinajstić information content (AvgIpc) is 3.16. The Morgan fingerprint density at radius 3 is 3.00 bits per heavy atom. The number of aromatic amines is 1. The van der Waals surface area contributed by atoms with E-state index in [1.165, 1.54) is 0 Å². The van der Waals surface area contributed by atoms with Crippen LogP contribution in [0.4, 0.5) is 0 Å². The molecule has 0 aliphatic carbocycles. The van der Waals surface area contributed by atoms with Gasteiger partial charge in [-0.15, -0.1) is 0 Å². The summed E-state index contributed by atoms with van der Waals surface area (Å²) >= 11 is 0. The van der Waals surface area contributed by atoms with Gasteiger partial charge in [-0.05, 0) is 11.6 Å². The molecule has 0 unspecified atom stereocenters. The number of hydrogen-bond acceptors (Lipinski definition) is 6. The maximum Gasteiger partial charge on any atom is 0.259 e. The van der Waals surface area contributed by atoms with Gasteiger partial charge >= 0.3 is 0 Å². The minimum absolute atomic E-state index is 0.379. The Hall–Kier alpha value is -3.14. The monoisotopic (exact) mass is 281 g/mol. The van der Waals surface area contributed by atoms with E-state index in [-0.39, 0.29) is 0 Å². The van der Waals surface area contributed by atoms with E-state index in [9.17, 15) is 0 Å². The first-order chi connectivity index (χ1) is 10.3. The zero-order chi connectivity index (χ0) is 14.7. The van der Waals surface area contributed by atoms with Crippen molar-refractivity contribution in [3.63, 3.8) is 0 Å². The molecule has 0 amide bonds. The van der Waals surface area contributed by atoms with Crippen molar-refractivity contribution < 1.29 is 9.26 Å². The second-order valence-corrected chi connectivity index (χ2v) is 4.32. The van der Waals surface area contributed by atoms with E-state index in [4.69, 9.17) is 14.5 Å². The van der Waals surface area contributed by atoms with Gasteiger partial charge in [-0.3, -0.25) is 0 Å². The van der Waals surface area contributed by atoms with Gasteiger partial charge in [-0.25, -0.2) is 4.98 Å². The molecule has 0 aromatic carbocycles. The average molecular weight is 281 g/mol. The summed E-state index contributed by atoms with van der Waals surface area (Å²) in [7, 11) is 1.57. The molecule has 104 valence electrons. The van der Waals surface area contributed by atoms with Crippen molar-refractivity contribution in [2.45, 2.75) is 6.42 Å². The molecule has 0 fully saturated rings. The van der Waals surface area contributed by atoms with Crippen molar-refractivity contribution in [3.05, 3.63) is 47.7 Å². The highest BCUT2D eigenvalue weighted by molar-refractivity contribution is 5.54. The lowest BCUT2D eigenvalue weighted by Gasteiger charge is -1.99. The molecular weight excluding hydrogens is 270 g/mol. The largest absolute Gasteiger partial charge is 0.481 e. The van der Waals surface area contributed by atoms with Crippen LogP contribution in [-0.4, -0.2) is 27.2 Å². The van der Waals surface area contributed by atoms with E-state index in [1.54, 1.807) is 31.6 Å². The molecule has 0 spiro atoms. The van der Waals surface area contributed by atoms with Crippen LogP contribution in [0.1, 0.15) is 17.1 Å². The van der Waals surface area contributed by atoms with Gasteiger partial charge in [0.25, 0.3) is 5.89 Å². The minimum Gasteiger partial charge on any atom is -0.481 e. The number of rotatable bonds is 4. The van der Waals surface area contributed by atoms with Crippen LogP contribution in [0.5, 0.6) is 5.88 Å². The number of nitrogens with one attached hydrogen (secondary N) is 1. The Morgan fingerprint density at radius 2 is 2.33 bits per heavy atom. The van der Waals surface area contributed by atoms with E-state index < -0.39 is 0 Å². The summed E-state index contributed by atoms with van der Waals surface area (Å²) < 4.78 is 10.2. The molecule has 0 aliphatic rings. The summed E-state index contributed by atoms with van der Waals surface area (Å²) in [6, 6.07) is 7.34. The van der Waals surface area contributed by atoms with Gasteiger partial charge in [-0.2, -0.15) is 10.2 Å². The summed E-state index contributed by atoms with van der Waals surface area (Å²) in [6.07, 6.45) is 3.87. The first-order valence-electron chi connectivity index (χ1n) is 6.19. The van der Waals surface area contributed by atoms with Crippen molar-refractivity contribution in [1.29, 1.82) is 5.26 Å². The molecular formula is C14H11N5O2. The standard InChI is InChI=1S/C14H11N5O2/c1-20-13-3-2-9(7-17-13)4-12-18-14(21-19-12)10-5-11(6-15)16-8-10/h2-3,5,7-8,16H,4H2,1H3. The topological polar surface area (TPSA) is 101 Å². The Kier molecular flexibility index (Phi) is 3.35. The third kappa shape index (κ3) is 2.74. The molecule has 3 heterocycles. The number of H-pyrrole nitrogens is 1. The summed E-state index contributed by atoms with van der Waals surface area (Å²) in [5.74, 6) is 1.49. The molecule has 3 aromatic heterocycles. The molecule has 3 rings (SSSR count). The molecule has 0 bridgehead atoms. The zero-order valence-electron chi connectivity index (χ0n) is 11.2. The molecule has 0 saturated heterocycles. The van der Waals surface area contributed by atoms with Crippen molar-refractivity contribution in [2.24, 2.45) is 0 Å². The number of nitriles is 1. The molecule has 7 heteroatoms. The molecule has 3 aromatic rings. The first kappa shape index (κ1) is 12.9. The Balaban J connectivity index is 1.76. The van der Waals surface area contributed by atoms with Crippen LogP contribution in [0.25, 0.3) is 11.5 Å². The van der Waals surface area contributed by atoms with Gasteiger partial charge in [0, 0.05) is 24.9 Å². The van der Waals surface area contributed by atoms with Crippen LogP contribution in [0.2, 0.25) is 0 Å². The Bertz CT molecular complexity index is 782. The van der Waals surface area contributed by atoms with Crippen molar-refractivity contribution in [3.8, 4) is 23.4 Å². The highest BCUT2D eigenvalue weighted by Crippen LogP contribution is 2.19. The smallest absolute Gasteiger partial charge is 0.259 e. The Labute approximate surface area is 120 Å². The van der Waals surface area contributed by atoms with Crippen LogP contribution >= 0.6 is 0 Å². The van der Waals surface area contributed by atoms with Crippen molar-refractivity contribution in [2.75, 3.05) is 7.11 Å². The van der Waals surface area contributed by atoms with E-state index in [1.807, 2.05) is 12.1 Å². The molecule has 0 atom stereocenters. The molecule has 0 radical (unpaired) electrons. The molecule has 21 heavy (non-hydrogen) atoms. The normalized spacial score (nSPS) is 10.3. The van der Waals surface area contributed by atoms with Gasteiger partial charge in [-0.1, -0.05) is 11.2 Å². The van der Waals surface area contributed by atoms with Crippen LogP contribution in [0.15, 0.2) is 35.1 Å². The second kappa shape index (κ2) is 5.46. The number of nitrogens with zero attached hydrogens (tertiary/aromatic N) is 4. The predicted octanol–water partition coefficient (Wildman–Crippen LogP) is 1.93. The molecule has 7 nitrogen and oxygen atoms in total. The van der Waals surface area contributed by atoms with E-state index in [0.29, 0.717) is 35.3 Å². The minimum atomic E-state index is 0.379. The maximum absolute atomic E-state index is 8.78. The van der Waals surface area contributed by atoms with Gasteiger partial charge in [0.15, 0.2) is 5.82 Å². The van der Waals surface area contributed by atoms with Crippen LogP contribution < -0.4 is 4.74 Å². The van der Waals surface area contributed by atoms with Crippen LogP contribution in [-0.2, 0) is 6.42 Å². The summed E-state index contributed by atoms with van der Waals surface area (Å²) in [5, 5.41) is 12.7. The third-order valence-electron chi connectivity index (χ3n) is 2.89. The summed E-state index contributed by atoms with van der Waals surface area (Å²) in [6.45, 7) is 0. The Morgan fingerprint density at radius 1 is 1.43 bits per heavy atom. The SMILES string of the molecule is COc1ccc(Cc2noc(-c3c[nH]c(C#N)c3)n2)cn1. The van der Waals surface area contributed by atoms with Gasteiger partial charge in [0.05, 0.1) is 12.7 Å². The lowest BCUT2D eigenvalue weighted by molar-refractivity contribution is 0.397. The second-order valence-electron chi connectivity index (χ2n) is 4.32. The number of aromatic nitrogens is 4. The lowest BCUT2D eigenvalue weighted by atomic mass is 10.2. The van der Waals surface area contributed by atoms with E-state index in [2.05, 4.69) is 20.1 Å². The zero-order valence-corrected chi connectivity index (χ0v) is 11.2. The first-order valence-corrected chi connectivity index (χ1v) is 6.19. The maximum atomic E-state index is 8.78. The summed E-state index contributed by atoms with van der Waals surface area (Å²) in [5.41, 5.74) is 2.09. The molecule has 1 N–H and O–H groups in total. The fraction of sp³-hybridized carbons (Fsp3) is 0.143. The van der Waals surface area contributed by atoms with Crippen LogP contribution in [0.3, 0.4) is 0 Å². The van der Waals surface area contributed by atoms with Crippen molar-refractivity contribution in [1.82, 2.24) is 20.1 Å². The molecule has 0 aliphatic heterocycles. The van der Waals surface area contributed by atoms with E-state index in [0.717, 1.165) is 5.56 Å². The summed E-state index contributed by atoms with van der Waals surface area (Å²) in [4.78, 5) is 11.2. The highest BCUT2D eigenvalue weighted by atomic mass is 16.5. The number of methoxy groups -OCH3 is 1. The van der Waals surface area contributed by atoms with E-state index >= 15 is 0 Å².